The molecule has 1 heterocycles. The summed E-state index contributed by atoms with van der Waals surface area (Å²) in [6.07, 6.45) is 1.59. The first-order valence-corrected chi connectivity index (χ1v) is 15.2. The van der Waals surface area contributed by atoms with Crippen molar-refractivity contribution in [2.24, 2.45) is 0 Å². The van der Waals surface area contributed by atoms with Gasteiger partial charge in [-0.1, -0.05) is 47.7 Å². The molecule has 222 valence electrons. The summed E-state index contributed by atoms with van der Waals surface area (Å²) >= 11 is 2.69. The molecule has 0 saturated carbocycles. The fourth-order valence-electron chi connectivity index (χ4n) is 4.06. The summed E-state index contributed by atoms with van der Waals surface area (Å²) < 4.78 is 11.4. The highest BCUT2D eigenvalue weighted by molar-refractivity contribution is 8.00. The van der Waals surface area contributed by atoms with Crippen molar-refractivity contribution in [1.82, 2.24) is 10.3 Å². The van der Waals surface area contributed by atoms with Gasteiger partial charge in [0.2, 0.25) is 5.91 Å². The van der Waals surface area contributed by atoms with Gasteiger partial charge in [-0.3, -0.25) is 14.4 Å². The van der Waals surface area contributed by atoms with E-state index < -0.39 is 11.8 Å². The Labute approximate surface area is 262 Å². The predicted molar refractivity (Wildman–Crippen MR) is 175 cm³/mol. The van der Waals surface area contributed by atoms with Gasteiger partial charge in [-0.2, -0.15) is 0 Å². The molecule has 0 aliphatic carbocycles. The van der Waals surface area contributed by atoms with Gasteiger partial charge in [-0.05, 0) is 72.3 Å². The summed E-state index contributed by atoms with van der Waals surface area (Å²) in [7, 11) is 3.17. The van der Waals surface area contributed by atoms with Crippen molar-refractivity contribution in [3.8, 4) is 11.5 Å². The van der Waals surface area contributed by atoms with E-state index in [2.05, 4.69) is 20.9 Å². The Kier molecular flexibility index (Phi) is 9.90. The summed E-state index contributed by atoms with van der Waals surface area (Å²) in [5.74, 6) is 0.421. The van der Waals surface area contributed by atoms with Crippen molar-refractivity contribution in [3.63, 3.8) is 0 Å². The van der Waals surface area contributed by atoms with Crippen molar-refractivity contribution in [3.05, 3.63) is 114 Å². The maximum absolute atomic E-state index is 13.4. The number of ether oxygens (including phenoxy) is 2. The number of nitrogens with zero attached hydrogens (tertiary/aromatic N) is 1. The fraction of sp³-hybridized carbons (Fsp3) is 0.0909. The van der Waals surface area contributed by atoms with Crippen LogP contribution in [0.15, 0.2) is 108 Å². The third-order valence-electron chi connectivity index (χ3n) is 6.26. The van der Waals surface area contributed by atoms with E-state index in [0.717, 1.165) is 20.9 Å². The molecule has 3 amide bonds. The summed E-state index contributed by atoms with van der Waals surface area (Å²) in [6.45, 7) is 0. The standard InChI is InChI=1S/C33H28N4O5S2/c1-41-24-13-11-21(12-14-24)17-28(35-31(39)22-7-4-3-5-8-22)32(40)34-23-9-6-10-26(18-23)43-20-30(38)37-33-36-27-16-15-25(42-2)19-29(27)44-33/h3-19H,20H2,1-2H3,(H,34,40)(H,35,39)(H,36,37,38)/b28-17+. The van der Waals surface area contributed by atoms with Crippen LogP contribution in [0.4, 0.5) is 10.8 Å². The van der Waals surface area contributed by atoms with Crippen LogP contribution in [0.1, 0.15) is 15.9 Å². The van der Waals surface area contributed by atoms with Crippen molar-refractivity contribution < 1.29 is 23.9 Å². The number of fused-ring (bicyclic) bond motifs is 1. The number of nitrogens with one attached hydrogen (secondary N) is 3. The number of anilines is 2. The number of hydrogen-bond acceptors (Lipinski definition) is 8. The SMILES string of the molecule is COc1ccc(/C=C(/NC(=O)c2ccccc2)C(=O)Nc2cccc(SCC(=O)Nc3nc4ccc(OC)cc4s3)c2)cc1. The first-order valence-electron chi connectivity index (χ1n) is 13.4. The number of rotatable bonds is 11. The molecule has 0 saturated heterocycles. The maximum Gasteiger partial charge on any atom is 0.272 e. The van der Waals surface area contributed by atoms with E-state index in [-0.39, 0.29) is 17.4 Å². The first kappa shape index (κ1) is 30.3. The number of benzene rings is 4. The molecule has 44 heavy (non-hydrogen) atoms. The molecule has 9 nitrogen and oxygen atoms in total. The Hall–Kier alpha value is -5.13. The average molecular weight is 625 g/mol. The second kappa shape index (κ2) is 14.4. The molecular formula is C33H28N4O5S2. The van der Waals surface area contributed by atoms with E-state index in [1.54, 1.807) is 87.0 Å². The van der Waals surface area contributed by atoms with E-state index in [1.807, 2.05) is 30.3 Å². The molecule has 0 atom stereocenters. The zero-order valence-electron chi connectivity index (χ0n) is 23.8. The zero-order valence-corrected chi connectivity index (χ0v) is 25.5. The number of aromatic nitrogens is 1. The van der Waals surface area contributed by atoms with Gasteiger partial charge in [0.05, 0.1) is 30.2 Å². The Balaban J connectivity index is 1.24. The molecule has 0 aliphatic heterocycles. The summed E-state index contributed by atoms with van der Waals surface area (Å²) in [5.41, 5.74) is 2.47. The maximum atomic E-state index is 13.4. The Morgan fingerprint density at radius 1 is 0.841 bits per heavy atom. The third-order valence-corrected chi connectivity index (χ3v) is 8.19. The van der Waals surface area contributed by atoms with Crippen LogP contribution in [0.2, 0.25) is 0 Å². The average Bonchev–Trinajstić information content (AvgIpc) is 3.45. The van der Waals surface area contributed by atoms with Crippen molar-refractivity contribution in [1.29, 1.82) is 0 Å². The van der Waals surface area contributed by atoms with Crippen molar-refractivity contribution in [2.45, 2.75) is 4.90 Å². The number of carbonyl (C=O) groups is 3. The summed E-state index contributed by atoms with van der Waals surface area (Å²) in [4.78, 5) is 44.2. The van der Waals surface area contributed by atoms with Gasteiger partial charge in [0.15, 0.2) is 5.13 Å². The van der Waals surface area contributed by atoms with Crippen LogP contribution in [0.5, 0.6) is 11.5 Å². The highest BCUT2D eigenvalue weighted by Crippen LogP contribution is 2.29. The van der Waals surface area contributed by atoms with Gasteiger partial charge >= 0.3 is 0 Å². The second-order valence-electron chi connectivity index (χ2n) is 9.32. The molecule has 5 aromatic rings. The largest absolute Gasteiger partial charge is 0.497 e. The highest BCUT2D eigenvalue weighted by atomic mass is 32.2. The lowest BCUT2D eigenvalue weighted by Gasteiger charge is -2.12. The molecule has 4 aromatic carbocycles. The predicted octanol–water partition coefficient (Wildman–Crippen LogP) is 6.45. The molecule has 0 radical (unpaired) electrons. The lowest BCUT2D eigenvalue weighted by Crippen LogP contribution is -2.30. The molecule has 0 bridgehead atoms. The van der Waals surface area contributed by atoms with E-state index in [4.69, 9.17) is 9.47 Å². The normalized spacial score (nSPS) is 11.1. The molecular weight excluding hydrogens is 597 g/mol. The van der Waals surface area contributed by atoms with Gasteiger partial charge in [0, 0.05) is 16.1 Å². The molecule has 0 fully saturated rings. The molecule has 3 N–H and O–H groups in total. The van der Waals surface area contributed by atoms with Crippen LogP contribution in [0.3, 0.4) is 0 Å². The number of methoxy groups -OCH3 is 2. The van der Waals surface area contributed by atoms with Crippen LogP contribution in [-0.2, 0) is 9.59 Å². The monoisotopic (exact) mass is 624 g/mol. The third kappa shape index (κ3) is 8.03. The van der Waals surface area contributed by atoms with Crippen LogP contribution in [0.25, 0.3) is 16.3 Å². The lowest BCUT2D eigenvalue weighted by atomic mass is 10.1. The van der Waals surface area contributed by atoms with Gasteiger partial charge in [-0.25, -0.2) is 4.98 Å². The van der Waals surface area contributed by atoms with E-state index in [1.165, 1.54) is 23.1 Å². The minimum absolute atomic E-state index is 0.0647. The van der Waals surface area contributed by atoms with Gasteiger partial charge in [0.25, 0.3) is 11.8 Å². The summed E-state index contributed by atoms with van der Waals surface area (Å²) in [6, 6.07) is 28.4. The number of thioether (sulfide) groups is 1. The van der Waals surface area contributed by atoms with Crippen LogP contribution < -0.4 is 25.4 Å². The van der Waals surface area contributed by atoms with E-state index in [0.29, 0.717) is 27.7 Å². The number of thiazole rings is 1. The molecule has 5 rings (SSSR count). The van der Waals surface area contributed by atoms with Crippen molar-refractivity contribution in [2.75, 3.05) is 30.6 Å². The molecule has 0 spiro atoms. The number of hydrogen-bond donors (Lipinski definition) is 3. The quantitative estimate of drug-likeness (QED) is 0.114. The Morgan fingerprint density at radius 2 is 1.59 bits per heavy atom. The molecule has 11 heteroatoms. The van der Waals surface area contributed by atoms with Gasteiger partial charge in [0.1, 0.15) is 17.2 Å². The molecule has 1 aromatic heterocycles. The lowest BCUT2D eigenvalue weighted by molar-refractivity contribution is -0.114. The second-order valence-corrected chi connectivity index (χ2v) is 11.4. The van der Waals surface area contributed by atoms with Crippen LogP contribution in [-0.4, -0.2) is 42.7 Å². The minimum Gasteiger partial charge on any atom is -0.497 e. The van der Waals surface area contributed by atoms with Gasteiger partial charge < -0.3 is 25.4 Å². The highest BCUT2D eigenvalue weighted by Gasteiger charge is 2.16. The Morgan fingerprint density at radius 3 is 2.34 bits per heavy atom. The molecule has 0 unspecified atom stereocenters. The van der Waals surface area contributed by atoms with Crippen LogP contribution in [0, 0.1) is 0 Å². The topological polar surface area (TPSA) is 119 Å². The zero-order chi connectivity index (χ0) is 30.9. The number of amides is 3. The van der Waals surface area contributed by atoms with E-state index in [9.17, 15) is 14.4 Å². The smallest absolute Gasteiger partial charge is 0.272 e. The van der Waals surface area contributed by atoms with E-state index >= 15 is 0 Å². The van der Waals surface area contributed by atoms with Gasteiger partial charge in [-0.15, -0.1) is 11.8 Å². The Bertz CT molecular complexity index is 1820. The fourth-order valence-corrected chi connectivity index (χ4v) is 5.73. The summed E-state index contributed by atoms with van der Waals surface area (Å²) in [5, 5.41) is 8.94. The molecule has 0 aliphatic rings. The first-order chi connectivity index (χ1) is 21.4. The van der Waals surface area contributed by atoms with Crippen LogP contribution >= 0.6 is 23.1 Å². The number of carbonyl (C=O) groups excluding carboxylic acids is 3. The minimum atomic E-state index is -0.502. The van der Waals surface area contributed by atoms with Crippen molar-refractivity contribution >= 4 is 67.9 Å².